The molecule has 3 N–H and O–H groups in total. The summed E-state index contributed by atoms with van der Waals surface area (Å²) in [5.41, 5.74) is 8.58. The predicted molar refractivity (Wildman–Crippen MR) is 101 cm³/mol. The molecule has 0 spiro atoms. The molecule has 5 heteroatoms. The maximum absolute atomic E-state index is 5.83. The van der Waals surface area contributed by atoms with Gasteiger partial charge in [-0.05, 0) is 37.1 Å². The normalized spacial score (nSPS) is 15.1. The molecule has 1 saturated carbocycles. The number of anilines is 1. The van der Waals surface area contributed by atoms with Gasteiger partial charge in [-0.1, -0.05) is 25.3 Å². The summed E-state index contributed by atoms with van der Waals surface area (Å²) in [6.07, 6.45) is 6.50. The number of nitrogens with zero attached hydrogens (tertiary/aromatic N) is 1. The number of hydrogen-bond acceptors (Lipinski definition) is 5. The van der Waals surface area contributed by atoms with Crippen LogP contribution in [0.4, 0.5) is 5.82 Å². The van der Waals surface area contributed by atoms with E-state index in [9.17, 15) is 0 Å². The highest BCUT2D eigenvalue weighted by atomic mass is 16.5. The molecule has 134 valence electrons. The maximum Gasteiger partial charge on any atom is 0.128 e. The van der Waals surface area contributed by atoms with Crippen LogP contribution in [-0.2, 0) is 6.54 Å². The second-order valence-electron chi connectivity index (χ2n) is 6.53. The van der Waals surface area contributed by atoms with Gasteiger partial charge < -0.3 is 20.5 Å². The van der Waals surface area contributed by atoms with E-state index in [-0.39, 0.29) is 0 Å². The molecule has 1 aromatic heterocycles. The molecule has 0 radical (unpaired) electrons. The van der Waals surface area contributed by atoms with E-state index in [1.807, 2.05) is 24.3 Å². The van der Waals surface area contributed by atoms with E-state index in [0.29, 0.717) is 11.9 Å². The van der Waals surface area contributed by atoms with Crippen molar-refractivity contribution in [3.63, 3.8) is 0 Å². The Labute approximate surface area is 149 Å². The standard InChI is InChI=1S/C20H27N3O2/c1-24-18-12-16(17-9-6-10-20(21)23-17)19(25-2)11-14(18)13-22-15-7-4-3-5-8-15/h6,9-12,15,22H,3-5,7-8,13H2,1-2H3,(H2,21,23). The third-order valence-corrected chi connectivity index (χ3v) is 4.84. The minimum Gasteiger partial charge on any atom is -0.496 e. The Hall–Kier alpha value is -2.27. The number of aromatic nitrogens is 1. The van der Waals surface area contributed by atoms with Gasteiger partial charge in [0.05, 0.1) is 19.9 Å². The Morgan fingerprint density at radius 3 is 2.52 bits per heavy atom. The first-order valence-corrected chi connectivity index (χ1v) is 8.92. The third kappa shape index (κ3) is 4.23. The Morgan fingerprint density at radius 1 is 1.08 bits per heavy atom. The van der Waals surface area contributed by atoms with E-state index in [1.54, 1.807) is 20.3 Å². The van der Waals surface area contributed by atoms with E-state index >= 15 is 0 Å². The number of benzene rings is 1. The van der Waals surface area contributed by atoms with Crippen LogP contribution >= 0.6 is 0 Å². The molecule has 1 fully saturated rings. The smallest absolute Gasteiger partial charge is 0.128 e. The Morgan fingerprint density at radius 2 is 1.84 bits per heavy atom. The number of nitrogens with two attached hydrogens (primary N) is 1. The van der Waals surface area contributed by atoms with Gasteiger partial charge in [0.15, 0.2) is 0 Å². The van der Waals surface area contributed by atoms with E-state index in [1.165, 1.54) is 32.1 Å². The first-order valence-electron chi connectivity index (χ1n) is 8.92. The van der Waals surface area contributed by atoms with Crippen LogP contribution in [0.15, 0.2) is 30.3 Å². The van der Waals surface area contributed by atoms with Crippen molar-refractivity contribution >= 4 is 5.82 Å². The van der Waals surface area contributed by atoms with E-state index < -0.39 is 0 Å². The van der Waals surface area contributed by atoms with Crippen molar-refractivity contribution in [2.24, 2.45) is 0 Å². The van der Waals surface area contributed by atoms with Crippen LogP contribution in [0.3, 0.4) is 0 Å². The van der Waals surface area contributed by atoms with Gasteiger partial charge in [0, 0.05) is 23.7 Å². The molecule has 2 aromatic rings. The maximum atomic E-state index is 5.83. The molecular formula is C20H27N3O2. The molecule has 5 nitrogen and oxygen atoms in total. The van der Waals surface area contributed by atoms with Crippen molar-refractivity contribution in [3.05, 3.63) is 35.9 Å². The number of nitrogens with one attached hydrogen (secondary N) is 1. The van der Waals surface area contributed by atoms with Crippen molar-refractivity contribution in [1.29, 1.82) is 0 Å². The molecule has 0 aliphatic heterocycles. The largest absolute Gasteiger partial charge is 0.496 e. The third-order valence-electron chi connectivity index (χ3n) is 4.84. The van der Waals surface area contributed by atoms with Crippen LogP contribution < -0.4 is 20.5 Å². The van der Waals surface area contributed by atoms with E-state index in [4.69, 9.17) is 15.2 Å². The summed E-state index contributed by atoms with van der Waals surface area (Å²) < 4.78 is 11.2. The van der Waals surface area contributed by atoms with Gasteiger partial charge in [0.2, 0.25) is 0 Å². The van der Waals surface area contributed by atoms with Crippen LogP contribution in [0.5, 0.6) is 11.5 Å². The summed E-state index contributed by atoms with van der Waals surface area (Å²) >= 11 is 0. The van der Waals surface area contributed by atoms with Crippen LogP contribution in [-0.4, -0.2) is 25.2 Å². The molecule has 0 bridgehead atoms. The second-order valence-corrected chi connectivity index (χ2v) is 6.53. The summed E-state index contributed by atoms with van der Waals surface area (Å²) in [6, 6.07) is 10.2. The van der Waals surface area contributed by atoms with Crippen molar-refractivity contribution < 1.29 is 9.47 Å². The van der Waals surface area contributed by atoms with Gasteiger partial charge in [-0.25, -0.2) is 4.98 Å². The lowest BCUT2D eigenvalue weighted by molar-refractivity contribution is 0.363. The van der Waals surface area contributed by atoms with Gasteiger partial charge in [-0.3, -0.25) is 0 Å². The lowest BCUT2D eigenvalue weighted by Gasteiger charge is -2.23. The van der Waals surface area contributed by atoms with Gasteiger partial charge in [-0.2, -0.15) is 0 Å². The van der Waals surface area contributed by atoms with Crippen LogP contribution in [0, 0.1) is 0 Å². The average molecular weight is 341 g/mol. The van der Waals surface area contributed by atoms with E-state index in [0.717, 1.165) is 34.9 Å². The number of nitrogen functional groups attached to an aromatic ring is 1. The summed E-state index contributed by atoms with van der Waals surface area (Å²) in [7, 11) is 3.37. The van der Waals surface area contributed by atoms with E-state index in [2.05, 4.69) is 10.3 Å². The predicted octanol–water partition coefficient (Wildman–Crippen LogP) is 3.77. The fourth-order valence-corrected chi connectivity index (χ4v) is 3.46. The number of rotatable bonds is 6. The molecule has 1 aliphatic carbocycles. The number of pyridine rings is 1. The SMILES string of the molecule is COc1cc(-c2cccc(N)n2)c(OC)cc1CNC1CCCCC1. The zero-order valence-corrected chi connectivity index (χ0v) is 15.0. The number of ether oxygens (including phenoxy) is 2. The molecule has 0 unspecified atom stereocenters. The first kappa shape index (κ1) is 17.5. The topological polar surface area (TPSA) is 69.4 Å². The zero-order valence-electron chi connectivity index (χ0n) is 15.0. The van der Waals surface area contributed by atoms with Crippen molar-refractivity contribution in [2.75, 3.05) is 20.0 Å². The Balaban J connectivity index is 1.86. The van der Waals surface area contributed by atoms with Gasteiger partial charge >= 0.3 is 0 Å². The molecular weight excluding hydrogens is 314 g/mol. The molecule has 25 heavy (non-hydrogen) atoms. The number of hydrogen-bond donors (Lipinski definition) is 2. The summed E-state index contributed by atoms with van der Waals surface area (Å²) in [5.74, 6) is 2.10. The van der Waals surface area contributed by atoms with Crippen molar-refractivity contribution in [3.8, 4) is 22.8 Å². The zero-order chi connectivity index (χ0) is 17.6. The summed E-state index contributed by atoms with van der Waals surface area (Å²) in [4.78, 5) is 4.40. The highest BCUT2D eigenvalue weighted by Gasteiger charge is 2.17. The fraction of sp³-hybridized carbons (Fsp3) is 0.450. The first-order chi connectivity index (χ1) is 12.2. The second kappa shape index (κ2) is 8.21. The van der Waals surface area contributed by atoms with Crippen LogP contribution in [0.25, 0.3) is 11.3 Å². The van der Waals surface area contributed by atoms with Gasteiger partial charge in [-0.15, -0.1) is 0 Å². The molecule has 1 aromatic carbocycles. The van der Waals surface area contributed by atoms with Crippen LogP contribution in [0.1, 0.15) is 37.7 Å². The summed E-state index contributed by atoms with van der Waals surface area (Å²) in [5, 5.41) is 3.66. The molecule has 0 atom stereocenters. The van der Waals surface area contributed by atoms with Gasteiger partial charge in [0.25, 0.3) is 0 Å². The Bertz CT molecular complexity index is 712. The lowest BCUT2D eigenvalue weighted by Crippen LogP contribution is -2.30. The molecule has 0 saturated heterocycles. The lowest BCUT2D eigenvalue weighted by atomic mass is 9.95. The molecule has 0 amide bonds. The monoisotopic (exact) mass is 341 g/mol. The van der Waals surface area contributed by atoms with Gasteiger partial charge in [0.1, 0.15) is 17.3 Å². The van der Waals surface area contributed by atoms with Crippen LogP contribution in [0.2, 0.25) is 0 Å². The molecule has 1 aliphatic rings. The highest BCUT2D eigenvalue weighted by Crippen LogP contribution is 2.35. The average Bonchev–Trinajstić information content (AvgIpc) is 2.66. The highest BCUT2D eigenvalue weighted by molar-refractivity contribution is 5.71. The molecule has 1 heterocycles. The Kier molecular flexibility index (Phi) is 5.76. The quantitative estimate of drug-likeness (QED) is 0.837. The number of methoxy groups -OCH3 is 2. The minimum atomic E-state index is 0.488. The minimum absolute atomic E-state index is 0.488. The van der Waals surface area contributed by atoms with Crippen molar-refractivity contribution in [1.82, 2.24) is 10.3 Å². The molecule has 3 rings (SSSR count). The van der Waals surface area contributed by atoms with Crippen molar-refractivity contribution in [2.45, 2.75) is 44.7 Å². The fourth-order valence-electron chi connectivity index (χ4n) is 3.46. The summed E-state index contributed by atoms with van der Waals surface area (Å²) in [6.45, 7) is 0.773.